The zero-order valence-corrected chi connectivity index (χ0v) is 19.1. The average Bonchev–Trinajstić information content (AvgIpc) is 2.85. The summed E-state index contributed by atoms with van der Waals surface area (Å²) in [7, 11) is 3.81. The molecular formula is C24H24F5N5O. The number of fused-ring (bicyclic) bond motifs is 1. The van der Waals surface area contributed by atoms with Crippen LogP contribution in [-0.4, -0.2) is 42.6 Å². The molecule has 4 rings (SSSR count). The van der Waals surface area contributed by atoms with Crippen LogP contribution >= 0.6 is 0 Å². The Hall–Kier alpha value is -3.50. The summed E-state index contributed by atoms with van der Waals surface area (Å²) < 4.78 is 67.6. The van der Waals surface area contributed by atoms with Crippen molar-refractivity contribution in [2.45, 2.75) is 31.7 Å². The van der Waals surface area contributed by atoms with Crippen LogP contribution in [0.3, 0.4) is 0 Å². The second-order valence-electron chi connectivity index (χ2n) is 8.80. The fourth-order valence-electron chi connectivity index (χ4n) is 4.29. The number of para-hydroxylation sites is 1. The van der Waals surface area contributed by atoms with Crippen molar-refractivity contribution in [1.29, 1.82) is 0 Å². The summed E-state index contributed by atoms with van der Waals surface area (Å²) in [5, 5.41) is 6.60. The van der Waals surface area contributed by atoms with Crippen LogP contribution in [0, 0.1) is 35.0 Å². The first-order valence-electron chi connectivity index (χ1n) is 11.2. The van der Waals surface area contributed by atoms with Crippen molar-refractivity contribution in [3.8, 4) is 0 Å². The van der Waals surface area contributed by atoms with Gasteiger partial charge in [0.2, 0.25) is 11.8 Å². The number of aromatic nitrogens is 2. The van der Waals surface area contributed by atoms with Crippen LogP contribution in [0.25, 0.3) is 10.9 Å². The van der Waals surface area contributed by atoms with Gasteiger partial charge in [-0.2, -0.15) is 4.98 Å². The molecule has 0 saturated heterocycles. The van der Waals surface area contributed by atoms with E-state index in [2.05, 4.69) is 20.6 Å². The van der Waals surface area contributed by atoms with E-state index in [0.717, 1.165) is 29.6 Å². The Kier molecular flexibility index (Phi) is 7.04. The molecule has 6 nitrogen and oxygen atoms in total. The average molecular weight is 493 g/mol. The van der Waals surface area contributed by atoms with Crippen molar-refractivity contribution in [1.82, 2.24) is 15.3 Å². The zero-order chi connectivity index (χ0) is 25.3. The van der Waals surface area contributed by atoms with E-state index in [9.17, 15) is 26.7 Å². The molecule has 1 amide bonds. The lowest BCUT2D eigenvalue weighted by Crippen LogP contribution is -2.35. The van der Waals surface area contributed by atoms with Crippen molar-refractivity contribution in [3.63, 3.8) is 0 Å². The fourth-order valence-corrected chi connectivity index (χ4v) is 4.29. The van der Waals surface area contributed by atoms with Crippen LogP contribution in [0.1, 0.15) is 36.0 Å². The highest BCUT2D eigenvalue weighted by Crippen LogP contribution is 2.29. The maximum Gasteiger partial charge on any atom is 0.257 e. The molecule has 1 saturated carbocycles. The molecule has 0 bridgehead atoms. The maximum atomic E-state index is 13.8. The molecule has 0 spiro atoms. The van der Waals surface area contributed by atoms with Gasteiger partial charge >= 0.3 is 0 Å². The number of hydrogen-bond donors (Lipinski definition) is 2. The third-order valence-corrected chi connectivity index (χ3v) is 6.17. The number of carbonyl (C=O) groups excluding carboxylic acids is 1. The van der Waals surface area contributed by atoms with Crippen molar-refractivity contribution < 1.29 is 26.7 Å². The van der Waals surface area contributed by atoms with Gasteiger partial charge in [-0.15, -0.1) is 0 Å². The normalized spacial score (nSPS) is 17.9. The van der Waals surface area contributed by atoms with Crippen LogP contribution in [-0.2, 0) is 0 Å². The predicted octanol–water partition coefficient (Wildman–Crippen LogP) is 4.79. The lowest BCUT2D eigenvalue weighted by Gasteiger charge is -2.29. The second-order valence-corrected chi connectivity index (χ2v) is 8.80. The van der Waals surface area contributed by atoms with E-state index in [1.807, 2.05) is 43.3 Å². The molecule has 3 aromatic rings. The lowest BCUT2D eigenvalue weighted by atomic mass is 9.86. The Labute approximate surface area is 198 Å². The molecule has 1 aliphatic rings. The highest BCUT2D eigenvalue weighted by atomic mass is 19.2. The van der Waals surface area contributed by atoms with E-state index in [4.69, 9.17) is 0 Å². The van der Waals surface area contributed by atoms with E-state index in [0.29, 0.717) is 18.8 Å². The highest BCUT2D eigenvalue weighted by Gasteiger charge is 2.30. The van der Waals surface area contributed by atoms with Gasteiger partial charge in [0.15, 0.2) is 23.3 Å². The summed E-state index contributed by atoms with van der Waals surface area (Å²) in [5.74, 6) is -10.9. The molecule has 1 aliphatic carbocycles. The molecule has 186 valence electrons. The van der Waals surface area contributed by atoms with Gasteiger partial charge in [-0.3, -0.25) is 4.79 Å². The van der Waals surface area contributed by atoms with E-state index in [-0.39, 0.29) is 18.5 Å². The largest absolute Gasteiger partial charge is 0.362 e. The molecule has 0 radical (unpaired) electrons. The molecule has 35 heavy (non-hydrogen) atoms. The Morgan fingerprint density at radius 2 is 1.51 bits per heavy atom. The molecule has 0 unspecified atom stereocenters. The smallest absolute Gasteiger partial charge is 0.257 e. The molecular weight excluding hydrogens is 469 g/mol. The van der Waals surface area contributed by atoms with Crippen LogP contribution < -0.4 is 15.5 Å². The minimum atomic E-state index is -2.30. The summed E-state index contributed by atoms with van der Waals surface area (Å²) in [4.78, 5) is 23.3. The summed E-state index contributed by atoms with van der Waals surface area (Å²) in [6.45, 7) is 0.0578. The highest BCUT2D eigenvalue weighted by molar-refractivity contribution is 5.94. The molecule has 0 atom stereocenters. The van der Waals surface area contributed by atoms with Crippen LogP contribution in [0.4, 0.5) is 33.7 Å². The number of carbonyl (C=O) groups is 1. The van der Waals surface area contributed by atoms with Crippen LogP contribution in [0.15, 0.2) is 24.3 Å². The molecule has 0 aliphatic heterocycles. The number of anilines is 2. The number of halogens is 5. The van der Waals surface area contributed by atoms with Gasteiger partial charge in [-0.1, -0.05) is 12.1 Å². The van der Waals surface area contributed by atoms with Crippen molar-refractivity contribution in [2.24, 2.45) is 5.92 Å². The van der Waals surface area contributed by atoms with Gasteiger partial charge in [-0.05, 0) is 43.7 Å². The fraction of sp³-hybridized carbons (Fsp3) is 0.375. The van der Waals surface area contributed by atoms with Crippen LogP contribution in [0.5, 0.6) is 0 Å². The Bertz CT molecular complexity index is 1230. The number of nitrogens with one attached hydrogen (secondary N) is 2. The van der Waals surface area contributed by atoms with E-state index < -0.39 is 40.6 Å². The Balaban J connectivity index is 1.35. The minimum absolute atomic E-state index is 0.00637. The first-order chi connectivity index (χ1) is 16.7. The third kappa shape index (κ3) is 4.98. The van der Waals surface area contributed by atoms with Gasteiger partial charge in [0.25, 0.3) is 5.91 Å². The van der Waals surface area contributed by atoms with Gasteiger partial charge in [0.1, 0.15) is 11.4 Å². The SMILES string of the molecule is CN(C)c1nc(NC2CCC(CNC(=O)c3c(F)c(F)c(F)c(F)c3F)CC2)nc2ccccc12. The first-order valence-corrected chi connectivity index (χ1v) is 11.2. The van der Waals surface area contributed by atoms with E-state index in [1.54, 1.807) is 0 Å². The Morgan fingerprint density at radius 3 is 2.14 bits per heavy atom. The summed E-state index contributed by atoms with van der Waals surface area (Å²) >= 11 is 0. The second kappa shape index (κ2) is 10.0. The standard InChI is InChI=1S/C24H24F5N5O/c1-34(2)22-14-5-3-4-6-15(14)32-24(33-22)31-13-9-7-12(8-10-13)11-30-23(35)16-17(25)19(27)21(29)20(28)18(16)26/h3-6,12-13H,7-11H2,1-2H3,(H,30,35)(H,31,32,33). The van der Waals surface area contributed by atoms with Crippen molar-refractivity contribution >= 4 is 28.6 Å². The topological polar surface area (TPSA) is 70.2 Å². The maximum absolute atomic E-state index is 13.8. The lowest BCUT2D eigenvalue weighted by molar-refractivity contribution is 0.0931. The van der Waals surface area contributed by atoms with Gasteiger partial charge in [0, 0.05) is 32.1 Å². The number of rotatable bonds is 6. The summed E-state index contributed by atoms with van der Waals surface area (Å²) in [6.07, 6.45) is 2.83. The van der Waals surface area contributed by atoms with Crippen molar-refractivity contribution in [3.05, 3.63) is 58.9 Å². The number of amides is 1. The molecule has 1 heterocycles. The quantitative estimate of drug-likeness (QED) is 0.294. The van der Waals surface area contributed by atoms with Gasteiger partial charge < -0.3 is 15.5 Å². The van der Waals surface area contributed by atoms with Crippen molar-refractivity contribution in [2.75, 3.05) is 30.9 Å². The van der Waals surface area contributed by atoms with Gasteiger partial charge in [-0.25, -0.2) is 26.9 Å². The Morgan fingerprint density at radius 1 is 0.914 bits per heavy atom. The predicted molar refractivity (Wildman–Crippen MR) is 122 cm³/mol. The van der Waals surface area contributed by atoms with Crippen LogP contribution in [0.2, 0.25) is 0 Å². The summed E-state index contributed by atoms with van der Waals surface area (Å²) in [6, 6.07) is 7.80. The number of hydrogen-bond acceptors (Lipinski definition) is 5. The first kappa shape index (κ1) is 24.6. The molecule has 11 heteroatoms. The molecule has 2 N–H and O–H groups in total. The molecule has 1 aromatic heterocycles. The number of nitrogens with zero attached hydrogens (tertiary/aromatic N) is 3. The van der Waals surface area contributed by atoms with Gasteiger partial charge in [0.05, 0.1) is 5.52 Å². The monoisotopic (exact) mass is 493 g/mol. The summed E-state index contributed by atoms with van der Waals surface area (Å²) in [5.41, 5.74) is -0.653. The molecule has 1 fully saturated rings. The van der Waals surface area contributed by atoms with E-state index >= 15 is 0 Å². The minimum Gasteiger partial charge on any atom is -0.362 e. The number of benzene rings is 2. The zero-order valence-electron chi connectivity index (χ0n) is 19.1. The third-order valence-electron chi connectivity index (χ3n) is 6.17. The molecule has 2 aromatic carbocycles. The van der Waals surface area contributed by atoms with E-state index in [1.165, 1.54) is 0 Å².